The Morgan fingerprint density at radius 1 is 1.08 bits per heavy atom. The lowest BCUT2D eigenvalue weighted by Crippen LogP contribution is -2.05. The number of carboxylic acid groups (broad SMARTS) is 1. The van der Waals surface area contributed by atoms with Gasteiger partial charge in [-0.25, -0.2) is 4.79 Å². The molecule has 2 aromatic carbocycles. The van der Waals surface area contributed by atoms with Gasteiger partial charge in [-0.2, -0.15) is 0 Å². The van der Waals surface area contributed by atoms with E-state index in [1.54, 1.807) is 31.4 Å². The van der Waals surface area contributed by atoms with E-state index in [2.05, 4.69) is 0 Å². The Morgan fingerprint density at radius 2 is 1.75 bits per heavy atom. The van der Waals surface area contributed by atoms with E-state index in [9.17, 15) is 9.90 Å². The third kappa shape index (κ3) is 4.03. The first-order valence-corrected chi connectivity index (χ1v) is 7.83. The van der Waals surface area contributed by atoms with Crippen LogP contribution in [0.4, 0.5) is 0 Å². The fourth-order valence-electron chi connectivity index (χ4n) is 2.68. The van der Waals surface area contributed by atoms with Gasteiger partial charge in [0.1, 0.15) is 5.75 Å². The Labute approximate surface area is 142 Å². The number of aliphatic carboxylic acids is 1. The molecule has 0 bridgehead atoms. The molecule has 0 aliphatic heterocycles. The minimum atomic E-state index is -0.930. The average Bonchev–Trinajstić information content (AvgIpc) is 2.59. The summed E-state index contributed by atoms with van der Waals surface area (Å²) in [6.07, 6.45) is 0.633. The van der Waals surface area contributed by atoms with E-state index < -0.39 is 5.97 Å². The lowest BCUT2D eigenvalue weighted by molar-refractivity contribution is -0.130. The molecule has 0 aliphatic carbocycles. The number of allylic oxidation sites excluding steroid dienone is 1. The van der Waals surface area contributed by atoms with E-state index in [1.165, 1.54) is 0 Å². The second-order valence-electron chi connectivity index (χ2n) is 5.40. The molecular formula is C20H22O4. The van der Waals surface area contributed by atoms with Gasteiger partial charge < -0.3 is 14.6 Å². The van der Waals surface area contributed by atoms with E-state index in [0.717, 1.165) is 16.7 Å². The van der Waals surface area contributed by atoms with Crippen molar-refractivity contribution in [1.82, 2.24) is 0 Å². The van der Waals surface area contributed by atoms with Crippen molar-refractivity contribution in [3.8, 4) is 5.75 Å². The summed E-state index contributed by atoms with van der Waals surface area (Å²) in [5.74, 6) is -0.292. The predicted octanol–water partition coefficient (Wildman–Crippen LogP) is 4.38. The molecule has 0 saturated carbocycles. The first kappa shape index (κ1) is 17.8. The van der Waals surface area contributed by atoms with Crippen LogP contribution in [-0.4, -0.2) is 25.0 Å². The van der Waals surface area contributed by atoms with Gasteiger partial charge in [0.2, 0.25) is 0 Å². The number of aryl methyl sites for hydroxylation is 1. The molecule has 0 amide bonds. The van der Waals surface area contributed by atoms with E-state index in [-0.39, 0.29) is 6.79 Å². The largest absolute Gasteiger partial charge is 0.478 e. The quantitative estimate of drug-likeness (QED) is 0.466. The van der Waals surface area contributed by atoms with Crippen LogP contribution in [0.15, 0.2) is 48.5 Å². The van der Waals surface area contributed by atoms with Gasteiger partial charge in [-0.15, -0.1) is 0 Å². The SMILES string of the molecule is CC/C(=C(\C(=O)O)c1ccc(OCOC)cc1)c1ccccc1C. The van der Waals surface area contributed by atoms with Crippen molar-refractivity contribution in [3.05, 3.63) is 65.2 Å². The van der Waals surface area contributed by atoms with E-state index >= 15 is 0 Å². The van der Waals surface area contributed by atoms with Crippen LogP contribution >= 0.6 is 0 Å². The molecule has 24 heavy (non-hydrogen) atoms. The minimum Gasteiger partial charge on any atom is -0.478 e. The maximum atomic E-state index is 11.9. The lowest BCUT2D eigenvalue weighted by Gasteiger charge is -2.14. The van der Waals surface area contributed by atoms with Crippen molar-refractivity contribution in [3.63, 3.8) is 0 Å². The Kier molecular flexibility index (Phi) is 6.15. The maximum absolute atomic E-state index is 11.9. The predicted molar refractivity (Wildman–Crippen MR) is 94.9 cm³/mol. The molecule has 0 unspecified atom stereocenters. The summed E-state index contributed by atoms with van der Waals surface area (Å²) in [5, 5.41) is 9.78. The van der Waals surface area contributed by atoms with Crippen LogP contribution in [-0.2, 0) is 9.53 Å². The molecule has 0 saturated heterocycles. The number of carbonyl (C=O) groups is 1. The van der Waals surface area contributed by atoms with Gasteiger partial charge in [0.05, 0.1) is 5.57 Å². The summed E-state index contributed by atoms with van der Waals surface area (Å²) in [7, 11) is 1.55. The second kappa shape index (κ2) is 8.31. The van der Waals surface area contributed by atoms with Crippen LogP contribution in [0.3, 0.4) is 0 Å². The molecule has 0 spiro atoms. The monoisotopic (exact) mass is 326 g/mol. The third-order valence-electron chi connectivity index (χ3n) is 3.83. The van der Waals surface area contributed by atoms with E-state index in [4.69, 9.17) is 9.47 Å². The molecule has 0 fully saturated rings. The standard InChI is InChI=1S/C20H22O4/c1-4-17(18-8-6-5-7-14(18)2)19(20(21)22)15-9-11-16(12-10-15)24-13-23-3/h5-12H,4,13H2,1-3H3,(H,21,22)/b19-17+. The Bertz CT molecular complexity index is 730. The van der Waals surface area contributed by atoms with Crippen LogP contribution in [0.25, 0.3) is 11.1 Å². The van der Waals surface area contributed by atoms with E-state index in [1.807, 2.05) is 38.1 Å². The number of ether oxygens (including phenoxy) is 2. The number of methoxy groups -OCH3 is 1. The van der Waals surface area contributed by atoms with Crippen LogP contribution in [0.2, 0.25) is 0 Å². The fourth-order valence-corrected chi connectivity index (χ4v) is 2.68. The van der Waals surface area contributed by atoms with Gasteiger partial charge in [-0.3, -0.25) is 0 Å². The highest BCUT2D eigenvalue weighted by Gasteiger charge is 2.18. The molecule has 0 heterocycles. The summed E-state index contributed by atoms with van der Waals surface area (Å²) in [4.78, 5) is 11.9. The molecule has 0 aliphatic rings. The number of benzene rings is 2. The lowest BCUT2D eigenvalue weighted by atomic mass is 9.90. The zero-order valence-corrected chi connectivity index (χ0v) is 14.2. The molecule has 0 aromatic heterocycles. The third-order valence-corrected chi connectivity index (χ3v) is 3.83. The topological polar surface area (TPSA) is 55.8 Å². The molecule has 4 heteroatoms. The highest BCUT2D eigenvalue weighted by Crippen LogP contribution is 2.31. The van der Waals surface area contributed by atoms with Gasteiger partial charge in [0.15, 0.2) is 6.79 Å². The summed E-state index contributed by atoms with van der Waals surface area (Å²) in [5.41, 5.74) is 3.84. The number of rotatable bonds is 7. The minimum absolute atomic E-state index is 0.157. The van der Waals surface area contributed by atoms with Crippen LogP contribution in [0, 0.1) is 6.92 Å². The second-order valence-corrected chi connectivity index (χ2v) is 5.40. The van der Waals surface area contributed by atoms with Gasteiger partial charge in [0, 0.05) is 7.11 Å². The summed E-state index contributed by atoms with van der Waals surface area (Å²) < 4.78 is 10.2. The molecular weight excluding hydrogens is 304 g/mol. The molecule has 1 N–H and O–H groups in total. The molecule has 126 valence electrons. The fraction of sp³-hybridized carbons (Fsp3) is 0.250. The van der Waals surface area contributed by atoms with Gasteiger partial charge in [-0.05, 0) is 47.7 Å². The molecule has 4 nitrogen and oxygen atoms in total. The number of carboxylic acids is 1. The van der Waals surface area contributed by atoms with Gasteiger partial charge >= 0.3 is 5.97 Å². The van der Waals surface area contributed by atoms with Crippen LogP contribution in [0.5, 0.6) is 5.75 Å². The van der Waals surface area contributed by atoms with Crippen molar-refractivity contribution in [2.75, 3.05) is 13.9 Å². The zero-order valence-electron chi connectivity index (χ0n) is 14.2. The normalized spacial score (nSPS) is 11.8. The molecule has 0 atom stereocenters. The Morgan fingerprint density at radius 3 is 2.29 bits per heavy atom. The molecule has 0 radical (unpaired) electrons. The molecule has 2 aromatic rings. The Balaban J connectivity index is 2.51. The van der Waals surface area contributed by atoms with Crippen LogP contribution < -0.4 is 4.74 Å². The summed E-state index contributed by atoms with van der Waals surface area (Å²) >= 11 is 0. The zero-order chi connectivity index (χ0) is 17.5. The smallest absolute Gasteiger partial charge is 0.336 e. The van der Waals surface area contributed by atoms with Crippen LogP contribution in [0.1, 0.15) is 30.0 Å². The maximum Gasteiger partial charge on any atom is 0.336 e. The number of hydrogen-bond donors (Lipinski definition) is 1. The molecule has 2 rings (SSSR count). The summed E-state index contributed by atoms with van der Waals surface area (Å²) in [6, 6.07) is 14.9. The highest BCUT2D eigenvalue weighted by molar-refractivity contribution is 6.23. The van der Waals surface area contributed by atoms with Crippen molar-refractivity contribution < 1.29 is 19.4 Å². The van der Waals surface area contributed by atoms with Crippen molar-refractivity contribution >= 4 is 17.1 Å². The van der Waals surface area contributed by atoms with Crippen molar-refractivity contribution in [1.29, 1.82) is 0 Å². The number of hydrogen-bond acceptors (Lipinski definition) is 3. The van der Waals surface area contributed by atoms with Crippen molar-refractivity contribution in [2.45, 2.75) is 20.3 Å². The van der Waals surface area contributed by atoms with Crippen molar-refractivity contribution in [2.24, 2.45) is 0 Å². The van der Waals surface area contributed by atoms with Gasteiger partial charge in [-0.1, -0.05) is 43.3 Å². The van der Waals surface area contributed by atoms with E-state index in [0.29, 0.717) is 23.3 Å². The first-order chi connectivity index (χ1) is 11.6. The average molecular weight is 326 g/mol. The highest BCUT2D eigenvalue weighted by atomic mass is 16.7. The Hall–Kier alpha value is -2.59. The summed E-state index contributed by atoms with van der Waals surface area (Å²) in [6.45, 7) is 4.12. The van der Waals surface area contributed by atoms with Gasteiger partial charge in [0.25, 0.3) is 0 Å². The first-order valence-electron chi connectivity index (χ1n) is 7.83.